The molecule has 0 unspecified atom stereocenters. The number of hydrogen-bond acceptors (Lipinski definition) is 4. The summed E-state index contributed by atoms with van der Waals surface area (Å²) < 4.78 is 13.9. The first kappa shape index (κ1) is 15.9. The number of rotatable bonds is 5. The van der Waals surface area contributed by atoms with Crippen LogP contribution in [0.15, 0.2) is 30.5 Å². The quantitative estimate of drug-likeness (QED) is 0.887. The van der Waals surface area contributed by atoms with Gasteiger partial charge in [-0.05, 0) is 30.5 Å². The number of halogens is 1. The number of aliphatic carboxylic acids is 1. The molecule has 5 nitrogen and oxygen atoms in total. The van der Waals surface area contributed by atoms with Gasteiger partial charge in [-0.3, -0.25) is 0 Å². The van der Waals surface area contributed by atoms with Crippen LogP contribution in [0.4, 0.5) is 10.3 Å². The van der Waals surface area contributed by atoms with Crippen molar-refractivity contribution >= 4 is 11.9 Å². The van der Waals surface area contributed by atoms with Gasteiger partial charge in [0.05, 0.1) is 5.69 Å². The van der Waals surface area contributed by atoms with Gasteiger partial charge in [-0.1, -0.05) is 26.0 Å². The van der Waals surface area contributed by atoms with Crippen LogP contribution in [0.25, 0.3) is 11.3 Å². The minimum absolute atomic E-state index is 0.140. The van der Waals surface area contributed by atoms with Gasteiger partial charge < -0.3 is 10.4 Å². The second kappa shape index (κ2) is 6.51. The number of nitrogens with zero attached hydrogens (tertiary/aromatic N) is 2. The van der Waals surface area contributed by atoms with Crippen molar-refractivity contribution in [1.29, 1.82) is 0 Å². The molecule has 1 heterocycles. The van der Waals surface area contributed by atoms with Crippen LogP contribution in [-0.2, 0) is 4.79 Å². The van der Waals surface area contributed by atoms with E-state index in [0.29, 0.717) is 16.8 Å². The van der Waals surface area contributed by atoms with E-state index in [1.54, 1.807) is 45.2 Å². The SMILES string of the molecule is Cc1cnc(N[C@@H](C(=O)O)C(C)C)nc1-c1ccccc1F. The second-order valence-corrected chi connectivity index (χ2v) is 5.41. The Bertz CT molecular complexity index is 689. The zero-order valence-corrected chi connectivity index (χ0v) is 12.7. The highest BCUT2D eigenvalue weighted by Crippen LogP contribution is 2.24. The number of carbonyl (C=O) groups is 1. The molecule has 1 atom stereocenters. The Labute approximate surface area is 128 Å². The molecule has 0 fully saturated rings. The van der Waals surface area contributed by atoms with E-state index in [1.165, 1.54) is 6.07 Å². The topological polar surface area (TPSA) is 75.1 Å². The Kier molecular flexibility index (Phi) is 4.70. The molecular formula is C16H18FN3O2. The number of nitrogens with one attached hydrogen (secondary N) is 1. The molecular weight excluding hydrogens is 285 g/mol. The van der Waals surface area contributed by atoms with Crippen LogP contribution in [0.1, 0.15) is 19.4 Å². The number of carboxylic acid groups (broad SMARTS) is 1. The van der Waals surface area contributed by atoms with E-state index in [0.717, 1.165) is 0 Å². The van der Waals surface area contributed by atoms with Crippen LogP contribution in [0.5, 0.6) is 0 Å². The van der Waals surface area contributed by atoms with Gasteiger partial charge in [0.25, 0.3) is 0 Å². The fourth-order valence-electron chi connectivity index (χ4n) is 2.09. The molecule has 0 spiro atoms. The van der Waals surface area contributed by atoms with Gasteiger partial charge in [-0.2, -0.15) is 0 Å². The first-order valence-corrected chi connectivity index (χ1v) is 6.98. The highest BCUT2D eigenvalue weighted by Gasteiger charge is 2.22. The lowest BCUT2D eigenvalue weighted by molar-refractivity contribution is -0.138. The summed E-state index contributed by atoms with van der Waals surface area (Å²) in [4.78, 5) is 19.6. The third-order valence-corrected chi connectivity index (χ3v) is 3.32. The predicted octanol–water partition coefficient (Wildman–Crippen LogP) is 3.11. The van der Waals surface area contributed by atoms with Gasteiger partial charge in [-0.15, -0.1) is 0 Å². The zero-order chi connectivity index (χ0) is 16.3. The molecule has 0 aliphatic heterocycles. The van der Waals surface area contributed by atoms with Crippen LogP contribution < -0.4 is 5.32 Å². The summed E-state index contributed by atoms with van der Waals surface area (Å²) in [6, 6.07) is 5.51. The molecule has 2 N–H and O–H groups in total. The highest BCUT2D eigenvalue weighted by atomic mass is 19.1. The lowest BCUT2D eigenvalue weighted by Crippen LogP contribution is -2.35. The standard InChI is InChI=1S/C16H18FN3O2/c1-9(2)13(15(21)22)19-16-18-8-10(3)14(20-16)11-6-4-5-7-12(11)17/h4-9,13H,1-3H3,(H,21,22)(H,18,19,20)/t13-/m1/s1. The van der Waals surface area contributed by atoms with Crippen molar-refractivity contribution in [1.82, 2.24) is 9.97 Å². The Morgan fingerprint density at radius 2 is 2.00 bits per heavy atom. The van der Waals surface area contributed by atoms with Gasteiger partial charge in [0.15, 0.2) is 0 Å². The lowest BCUT2D eigenvalue weighted by Gasteiger charge is -2.18. The van der Waals surface area contributed by atoms with E-state index < -0.39 is 12.0 Å². The molecule has 6 heteroatoms. The lowest BCUT2D eigenvalue weighted by atomic mass is 10.1. The van der Waals surface area contributed by atoms with Crippen LogP contribution in [0.3, 0.4) is 0 Å². The maximum absolute atomic E-state index is 13.9. The van der Waals surface area contributed by atoms with Crippen LogP contribution in [0.2, 0.25) is 0 Å². The Morgan fingerprint density at radius 3 is 2.59 bits per heavy atom. The number of anilines is 1. The molecule has 2 rings (SSSR count). The third kappa shape index (κ3) is 3.39. The minimum Gasteiger partial charge on any atom is -0.480 e. The average Bonchev–Trinajstić information content (AvgIpc) is 2.46. The Hall–Kier alpha value is -2.50. The van der Waals surface area contributed by atoms with Crippen molar-refractivity contribution in [3.63, 3.8) is 0 Å². The van der Waals surface area contributed by atoms with E-state index in [-0.39, 0.29) is 17.7 Å². The second-order valence-electron chi connectivity index (χ2n) is 5.41. The molecule has 116 valence electrons. The van der Waals surface area contributed by atoms with E-state index in [9.17, 15) is 14.3 Å². The fourth-order valence-corrected chi connectivity index (χ4v) is 2.09. The maximum atomic E-state index is 13.9. The van der Waals surface area contributed by atoms with E-state index >= 15 is 0 Å². The number of aromatic nitrogens is 2. The fraction of sp³-hybridized carbons (Fsp3) is 0.312. The van der Waals surface area contributed by atoms with Gasteiger partial charge in [0.1, 0.15) is 11.9 Å². The smallest absolute Gasteiger partial charge is 0.326 e. The summed E-state index contributed by atoms with van der Waals surface area (Å²) in [5.41, 5.74) is 1.53. The number of hydrogen-bond donors (Lipinski definition) is 2. The third-order valence-electron chi connectivity index (χ3n) is 3.32. The molecule has 1 aromatic carbocycles. The van der Waals surface area contributed by atoms with Gasteiger partial charge in [0.2, 0.25) is 5.95 Å². The van der Waals surface area contributed by atoms with E-state index in [4.69, 9.17) is 0 Å². The summed E-state index contributed by atoms with van der Waals surface area (Å²) in [5, 5.41) is 12.0. The molecule has 1 aromatic heterocycles. The van der Waals surface area contributed by atoms with Gasteiger partial charge in [0, 0.05) is 11.8 Å². The van der Waals surface area contributed by atoms with E-state index in [2.05, 4.69) is 15.3 Å². The summed E-state index contributed by atoms with van der Waals surface area (Å²) in [7, 11) is 0. The van der Waals surface area contributed by atoms with Crippen molar-refractivity contribution < 1.29 is 14.3 Å². The van der Waals surface area contributed by atoms with Gasteiger partial charge >= 0.3 is 5.97 Å². The van der Waals surface area contributed by atoms with Crippen LogP contribution in [-0.4, -0.2) is 27.1 Å². The molecule has 22 heavy (non-hydrogen) atoms. The molecule has 0 amide bonds. The zero-order valence-electron chi connectivity index (χ0n) is 12.7. The minimum atomic E-state index is -0.980. The first-order valence-electron chi connectivity index (χ1n) is 6.98. The van der Waals surface area contributed by atoms with Crippen molar-refractivity contribution in [2.75, 3.05) is 5.32 Å². The van der Waals surface area contributed by atoms with Crippen molar-refractivity contribution in [2.24, 2.45) is 5.92 Å². The number of benzene rings is 1. The van der Waals surface area contributed by atoms with E-state index in [1.807, 2.05) is 0 Å². The highest BCUT2D eigenvalue weighted by molar-refractivity contribution is 5.77. The molecule has 2 aromatic rings. The van der Waals surface area contributed by atoms with Crippen molar-refractivity contribution in [3.8, 4) is 11.3 Å². The summed E-state index contributed by atoms with van der Waals surface area (Å²) in [6.45, 7) is 5.36. The monoisotopic (exact) mass is 303 g/mol. The van der Waals surface area contributed by atoms with Gasteiger partial charge in [-0.25, -0.2) is 19.2 Å². The molecule has 0 bridgehead atoms. The summed E-state index contributed by atoms with van der Waals surface area (Å²) >= 11 is 0. The number of carboxylic acids is 1. The van der Waals surface area contributed by atoms with Crippen molar-refractivity contribution in [2.45, 2.75) is 26.8 Å². The first-order chi connectivity index (χ1) is 10.4. The molecule has 0 aliphatic rings. The molecule has 0 saturated carbocycles. The molecule has 0 aliphatic carbocycles. The van der Waals surface area contributed by atoms with Crippen molar-refractivity contribution in [3.05, 3.63) is 41.8 Å². The summed E-state index contributed by atoms with van der Waals surface area (Å²) in [5.74, 6) is -1.33. The molecule has 0 radical (unpaired) electrons. The average molecular weight is 303 g/mol. The number of aryl methyl sites for hydroxylation is 1. The Balaban J connectivity index is 2.39. The molecule has 0 saturated heterocycles. The predicted molar refractivity (Wildman–Crippen MR) is 82.0 cm³/mol. The summed E-state index contributed by atoms with van der Waals surface area (Å²) in [6.07, 6.45) is 1.55. The normalized spacial score (nSPS) is 12.2. The van der Waals surface area contributed by atoms with Crippen LogP contribution in [0, 0.1) is 18.7 Å². The maximum Gasteiger partial charge on any atom is 0.326 e. The Morgan fingerprint density at radius 1 is 1.32 bits per heavy atom. The largest absolute Gasteiger partial charge is 0.480 e. The van der Waals surface area contributed by atoms with Crippen LogP contribution >= 0.6 is 0 Å².